The average Bonchev–Trinajstić information content (AvgIpc) is 2.76. The van der Waals surface area contributed by atoms with E-state index >= 15 is 0 Å². The van der Waals surface area contributed by atoms with Gasteiger partial charge in [0.05, 0.1) is 17.1 Å². The van der Waals surface area contributed by atoms with E-state index in [1.165, 1.54) is 0 Å². The predicted molar refractivity (Wildman–Crippen MR) is 73.7 cm³/mol. The van der Waals surface area contributed by atoms with Crippen LogP contribution in [0.25, 0.3) is 16.9 Å². The summed E-state index contributed by atoms with van der Waals surface area (Å²) < 4.78 is 1.90. The van der Waals surface area contributed by atoms with E-state index < -0.39 is 0 Å². The first-order valence-electron chi connectivity index (χ1n) is 6.20. The molecule has 0 amide bonds. The van der Waals surface area contributed by atoms with Gasteiger partial charge in [0.2, 0.25) is 0 Å². The summed E-state index contributed by atoms with van der Waals surface area (Å²) in [6.07, 6.45) is 3.55. The summed E-state index contributed by atoms with van der Waals surface area (Å²) >= 11 is 0. The molecule has 5 heteroatoms. The lowest BCUT2D eigenvalue weighted by Crippen LogP contribution is -2.10. The SMILES string of the molecule is CNCc1c(C)nc2ccc(-c3ccncc3)nn12. The first-order chi connectivity index (χ1) is 9.29. The van der Waals surface area contributed by atoms with Crippen LogP contribution in [0.4, 0.5) is 0 Å². The van der Waals surface area contributed by atoms with E-state index in [1.807, 2.05) is 42.8 Å². The van der Waals surface area contributed by atoms with Gasteiger partial charge in [-0.05, 0) is 38.2 Å². The molecule has 0 fully saturated rings. The number of hydrogen-bond acceptors (Lipinski definition) is 4. The van der Waals surface area contributed by atoms with E-state index in [0.717, 1.165) is 34.8 Å². The molecule has 0 spiro atoms. The molecule has 0 radical (unpaired) electrons. The maximum atomic E-state index is 4.67. The van der Waals surface area contributed by atoms with Gasteiger partial charge in [-0.1, -0.05) is 0 Å². The Balaban J connectivity index is 2.17. The minimum absolute atomic E-state index is 0.750. The zero-order valence-electron chi connectivity index (χ0n) is 11.0. The zero-order valence-corrected chi connectivity index (χ0v) is 11.0. The number of nitrogens with zero attached hydrogens (tertiary/aromatic N) is 4. The van der Waals surface area contributed by atoms with Crippen LogP contribution in [-0.4, -0.2) is 26.6 Å². The molecule has 0 bridgehead atoms. The average molecular weight is 253 g/mol. The Hall–Kier alpha value is -2.27. The van der Waals surface area contributed by atoms with Gasteiger partial charge >= 0.3 is 0 Å². The highest BCUT2D eigenvalue weighted by Crippen LogP contribution is 2.18. The molecule has 19 heavy (non-hydrogen) atoms. The molecule has 0 aliphatic carbocycles. The summed E-state index contributed by atoms with van der Waals surface area (Å²) in [4.78, 5) is 8.54. The third-order valence-electron chi connectivity index (χ3n) is 3.09. The maximum Gasteiger partial charge on any atom is 0.154 e. The second kappa shape index (κ2) is 4.78. The number of aromatic nitrogens is 4. The van der Waals surface area contributed by atoms with Crippen LogP contribution in [0.15, 0.2) is 36.7 Å². The fourth-order valence-electron chi connectivity index (χ4n) is 2.14. The van der Waals surface area contributed by atoms with Crippen LogP contribution in [0.5, 0.6) is 0 Å². The number of fused-ring (bicyclic) bond motifs is 1. The van der Waals surface area contributed by atoms with Crippen LogP contribution in [0, 0.1) is 6.92 Å². The molecule has 0 aliphatic heterocycles. The summed E-state index contributed by atoms with van der Waals surface area (Å²) in [5, 5.41) is 7.82. The van der Waals surface area contributed by atoms with E-state index in [2.05, 4.69) is 20.4 Å². The predicted octanol–water partition coefficient (Wildman–Crippen LogP) is 1.82. The van der Waals surface area contributed by atoms with Gasteiger partial charge in [0.15, 0.2) is 5.65 Å². The zero-order chi connectivity index (χ0) is 13.2. The molecule has 1 N–H and O–H groups in total. The van der Waals surface area contributed by atoms with Gasteiger partial charge in [-0.3, -0.25) is 4.98 Å². The van der Waals surface area contributed by atoms with E-state index in [9.17, 15) is 0 Å². The normalized spacial score (nSPS) is 11.1. The Morgan fingerprint density at radius 1 is 1.16 bits per heavy atom. The second-order valence-electron chi connectivity index (χ2n) is 4.40. The Kier molecular flexibility index (Phi) is 2.97. The molecule has 96 valence electrons. The molecular weight excluding hydrogens is 238 g/mol. The standard InChI is InChI=1S/C14H15N5/c1-10-13(9-15-2)19-14(17-10)4-3-12(18-19)11-5-7-16-8-6-11/h3-8,15H,9H2,1-2H3. The van der Waals surface area contributed by atoms with E-state index in [1.54, 1.807) is 12.4 Å². The highest BCUT2D eigenvalue weighted by molar-refractivity contribution is 5.59. The van der Waals surface area contributed by atoms with E-state index in [0.29, 0.717) is 0 Å². The van der Waals surface area contributed by atoms with Crippen molar-refractivity contribution in [3.05, 3.63) is 48.0 Å². The first-order valence-corrected chi connectivity index (χ1v) is 6.20. The van der Waals surface area contributed by atoms with Crippen molar-refractivity contribution in [1.82, 2.24) is 24.9 Å². The first kappa shape index (κ1) is 11.8. The van der Waals surface area contributed by atoms with Gasteiger partial charge in [-0.15, -0.1) is 0 Å². The van der Waals surface area contributed by atoms with Crippen molar-refractivity contribution in [3.63, 3.8) is 0 Å². The van der Waals surface area contributed by atoms with Crippen LogP contribution in [-0.2, 0) is 6.54 Å². The minimum Gasteiger partial charge on any atom is -0.314 e. The molecule has 3 aromatic rings. The van der Waals surface area contributed by atoms with Gasteiger partial charge in [0.25, 0.3) is 0 Å². The lowest BCUT2D eigenvalue weighted by molar-refractivity contribution is 0.744. The van der Waals surface area contributed by atoms with Gasteiger partial charge in [-0.25, -0.2) is 9.50 Å². The largest absolute Gasteiger partial charge is 0.314 e. The molecule has 0 aromatic carbocycles. The van der Waals surface area contributed by atoms with Crippen LogP contribution in [0.1, 0.15) is 11.4 Å². The molecule has 5 nitrogen and oxygen atoms in total. The monoisotopic (exact) mass is 253 g/mol. The molecule has 0 saturated heterocycles. The molecule has 0 unspecified atom stereocenters. The summed E-state index contributed by atoms with van der Waals surface area (Å²) in [6.45, 7) is 2.76. The lowest BCUT2D eigenvalue weighted by atomic mass is 10.2. The van der Waals surface area contributed by atoms with Gasteiger partial charge in [-0.2, -0.15) is 5.10 Å². The number of nitrogens with one attached hydrogen (secondary N) is 1. The fourth-order valence-corrected chi connectivity index (χ4v) is 2.14. The Morgan fingerprint density at radius 2 is 1.95 bits per heavy atom. The molecule has 0 saturated carbocycles. The molecule has 0 atom stereocenters. The second-order valence-corrected chi connectivity index (χ2v) is 4.40. The number of pyridine rings is 1. The van der Waals surface area contributed by atoms with Crippen molar-refractivity contribution in [2.75, 3.05) is 7.05 Å². The van der Waals surface area contributed by atoms with E-state index in [4.69, 9.17) is 0 Å². The topological polar surface area (TPSA) is 55.1 Å². The molecule has 0 aliphatic rings. The summed E-state index contributed by atoms with van der Waals surface area (Å²) in [5.41, 5.74) is 4.95. The Bertz CT molecular complexity index is 702. The summed E-state index contributed by atoms with van der Waals surface area (Å²) in [5.74, 6) is 0. The number of imidazole rings is 1. The molecule has 3 rings (SSSR count). The third-order valence-corrected chi connectivity index (χ3v) is 3.09. The smallest absolute Gasteiger partial charge is 0.154 e. The van der Waals surface area contributed by atoms with Gasteiger partial charge in [0.1, 0.15) is 0 Å². The van der Waals surface area contributed by atoms with Crippen LogP contribution in [0.3, 0.4) is 0 Å². The van der Waals surface area contributed by atoms with Crippen molar-refractivity contribution in [2.45, 2.75) is 13.5 Å². The Morgan fingerprint density at radius 3 is 2.68 bits per heavy atom. The van der Waals surface area contributed by atoms with Crippen LogP contribution >= 0.6 is 0 Å². The van der Waals surface area contributed by atoms with Gasteiger partial charge < -0.3 is 5.32 Å². The van der Waals surface area contributed by atoms with Crippen LogP contribution in [0.2, 0.25) is 0 Å². The van der Waals surface area contributed by atoms with Crippen molar-refractivity contribution in [1.29, 1.82) is 0 Å². The molecule has 3 aromatic heterocycles. The number of rotatable bonds is 3. The fraction of sp³-hybridized carbons (Fsp3) is 0.214. The highest BCUT2D eigenvalue weighted by Gasteiger charge is 2.10. The van der Waals surface area contributed by atoms with Crippen molar-refractivity contribution >= 4 is 5.65 Å². The van der Waals surface area contributed by atoms with E-state index in [-0.39, 0.29) is 0 Å². The number of aryl methyl sites for hydroxylation is 1. The van der Waals surface area contributed by atoms with Crippen molar-refractivity contribution in [2.24, 2.45) is 0 Å². The van der Waals surface area contributed by atoms with Crippen molar-refractivity contribution in [3.8, 4) is 11.3 Å². The Labute approximate surface area is 111 Å². The minimum atomic E-state index is 0.750. The van der Waals surface area contributed by atoms with Crippen molar-refractivity contribution < 1.29 is 0 Å². The quantitative estimate of drug-likeness (QED) is 0.773. The lowest BCUT2D eigenvalue weighted by Gasteiger charge is -2.04. The summed E-state index contributed by atoms with van der Waals surface area (Å²) in [7, 11) is 1.92. The highest BCUT2D eigenvalue weighted by atomic mass is 15.3. The van der Waals surface area contributed by atoms with Gasteiger partial charge in [0, 0.05) is 24.5 Å². The van der Waals surface area contributed by atoms with Crippen LogP contribution < -0.4 is 5.32 Å². The number of hydrogen-bond donors (Lipinski definition) is 1. The summed E-state index contributed by atoms with van der Waals surface area (Å²) in [6, 6.07) is 7.89. The molecular formula is C14H15N5. The molecule has 3 heterocycles. The third kappa shape index (κ3) is 2.08. The maximum absolute atomic E-state index is 4.67.